The van der Waals surface area contributed by atoms with E-state index in [9.17, 15) is 4.79 Å². The second-order valence-corrected chi connectivity index (χ2v) is 6.20. The molecule has 20 heavy (non-hydrogen) atoms. The smallest absolute Gasteiger partial charge is 0.313 e. The lowest BCUT2D eigenvalue weighted by atomic mass is 9.78. The van der Waals surface area contributed by atoms with E-state index in [2.05, 4.69) is 28.9 Å². The minimum Gasteiger partial charge on any atom is -0.469 e. The van der Waals surface area contributed by atoms with E-state index in [4.69, 9.17) is 4.74 Å². The molecule has 0 aliphatic heterocycles. The van der Waals surface area contributed by atoms with Crippen LogP contribution in [-0.2, 0) is 9.53 Å². The average Bonchev–Trinajstić information content (AvgIpc) is 2.49. The second-order valence-electron chi connectivity index (χ2n) is 5.29. The SMILES string of the molecule is CCC1=C[C@@H]([C@@H](C(=O)OC)c2ccc(Br)cc2)CCC1. The van der Waals surface area contributed by atoms with Crippen molar-refractivity contribution >= 4 is 21.9 Å². The van der Waals surface area contributed by atoms with Gasteiger partial charge in [0.05, 0.1) is 13.0 Å². The number of methoxy groups -OCH3 is 1. The van der Waals surface area contributed by atoms with E-state index in [-0.39, 0.29) is 17.8 Å². The normalized spacial score (nSPS) is 20.1. The van der Waals surface area contributed by atoms with Gasteiger partial charge in [-0.05, 0) is 49.3 Å². The van der Waals surface area contributed by atoms with Crippen LogP contribution in [0.3, 0.4) is 0 Å². The maximum atomic E-state index is 12.2. The molecule has 0 bridgehead atoms. The second kappa shape index (κ2) is 7.07. The van der Waals surface area contributed by atoms with Gasteiger partial charge in [0.1, 0.15) is 0 Å². The molecule has 2 rings (SSSR count). The highest BCUT2D eigenvalue weighted by molar-refractivity contribution is 9.10. The van der Waals surface area contributed by atoms with E-state index in [1.165, 1.54) is 19.1 Å². The highest BCUT2D eigenvalue weighted by Crippen LogP contribution is 2.36. The fourth-order valence-electron chi connectivity index (χ4n) is 2.95. The number of esters is 1. The molecule has 0 aromatic heterocycles. The van der Waals surface area contributed by atoms with Crippen LogP contribution in [0.15, 0.2) is 40.4 Å². The summed E-state index contributed by atoms with van der Waals surface area (Å²) in [4.78, 5) is 12.2. The molecule has 108 valence electrons. The first-order chi connectivity index (χ1) is 9.65. The Morgan fingerprint density at radius 3 is 2.70 bits per heavy atom. The maximum absolute atomic E-state index is 12.2. The Bertz CT molecular complexity index is 490. The Kier molecular flexibility index (Phi) is 5.41. The van der Waals surface area contributed by atoms with Crippen molar-refractivity contribution in [3.63, 3.8) is 0 Å². The number of hydrogen-bond donors (Lipinski definition) is 0. The van der Waals surface area contributed by atoms with Crippen molar-refractivity contribution in [3.05, 3.63) is 46.0 Å². The van der Waals surface area contributed by atoms with Gasteiger partial charge in [0, 0.05) is 4.47 Å². The molecule has 3 heteroatoms. The maximum Gasteiger partial charge on any atom is 0.313 e. The van der Waals surface area contributed by atoms with Crippen LogP contribution < -0.4 is 0 Å². The molecule has 1 aliphatic rings. The average molecular weight is 337 g/mol. The molecule has 0 saturated carbocycles. The van der Waals surface area contributed by atoms with Crippen molar-refractivity contribution in [3.8, 4) is 0 Å². The molecule has 0 heterocycles. The summed E-state index contributed by atoms with van der Waals surface area (Å²) < 4.78 is 6.07. The number of carbonyl (C=O) groups is 1. The van der Waals surface area contributed by atoms with Gasteiger partial charge < -0.3 is 4.74 Å². The predicted octanol–water partition coefficient (Wildman–Crippen LogP) is 4.84. The summed E-state index contributed by atoms with van der Waals surface area (Å²) in [6, 6.07) is 8.00. The Morgan fingerprint density at radius 2 is 2.10 bits per heavy atom. The van der Waals surface area contributed by atoms with Gasteiger partial charge in [-0.25, -0.2) is 0 Å². The Balaban J connectivity index is 2.32. The summed E-state index contributed by atoms with van der Waals surface area (Å²) in [6.45, 7) is 2.18. The van der Waals surface area contributed by atoms with E-state index in [1.54, 1.807) is 0 Å². The van der Waals surface area contributed by atoms with Crippen molar-refractivity contribution in [2.45, 2.75) is 38.5 Å². The zero-order valence-electron chi connectivity index (χ0n) is 12.1. The minimum atomic E-state index is -0.185. The molecule has 0 spiro atoms. The summed E-state index contributed by atoms with van der Waals surface area (Å²) in [6.07, 6.45) is 6.76. The number of halogens is 1. The third kappa shape index (κ3) is 3.51. The third-order valence-electron chi connectivity index (χ3n) is 4.05. The van der Waals surface area contributed by atoms with Gasteiger partial charge in [-0.2, -0.15) is 0 Å². The van der Waals surface area contributed by atoms with Crippen LogP contribution in [0.2, 0.25) is 0 Å². The molecule has 0 N–H and O–H groups in total. The van der Waals surface area contributed by atoms with Gasteiger partial charge >= 0.3 is 5.97 Å². The fourth-order valence-corrected chi connectivity index (χ4v) is 3.21. The summed E-state index contributed by atoms with van der Waals surface area (Å²) in [5.74, 6) is -0.0619. The lowest BCUT2D eigenvalue weighted by molar-refractivity contribution is -0.143. The van der Waals surface area contributed by atoms with E-state index in [0.29, 0.717) is 0 Å². The number of allylic oxidation sites excluding steroid dienone is 2. The highest BCUT2D eigenvalue weighted by Gasteiger charge is 2.30. The van der Waals surface area contributed by atoms with Gasteiger partial charge in [0.15, 0.2) is 0 Å². The van der Waals surface area contributed by atoms with Gasteiger partial charge in [-0.3, -0.25) is 4.79 Å². The molecule has 1 aromatic rings. The standard InChI is InChI=1S/C17H21BrO2/c1-3-12-5-4-6-14(11-12)16(17(19)20-2)13-7-9-15(18)10-8-13/h7-11,14,16H,3-6H2,1-2H3/t14-,16-/m0/s1. The van der Waals surface area contributed by atoms with Crippen LogP contribution in [-0.4, -0.2) is 13.1 Å². The van der Waals surface area contributed by atoms with Crippen LogP contribution in [0.25, 0.3) is 0 Å². The topological polar surface area (TPSA) is 26.3 Å². The number of ether oxygens (including phenoxy) is 1. The molecule has 2 nitrogen and oxygen atoms in total. The van der Waals surface area contributed by atoms with Gasteiger partial charge in [0.2, 0.25) is 0 Å². The van der Waals surface area contributed by atoms with Gasteiger partial charge in [-0.15, -0.1) is 0 Å². The van der Waals surface area contributed by atoms with Crippen molar-refractivity contribution in [2.75, 3.05) is 7.11 Å². The summed E-state index contributed by atoms with van der Waals surface area (Å²) in [5, 5.41) is 0. The van der Waals surface area contributed by atoms with E-state index in [1.807, 2.05) is 24.3 Å². The van der Waals surface area contributed by atoms with E-state index in [0.717, 1.165) is 29.3 Å². The Hall–Kier alpha value is -1.09. The fraction of sp³-hybridized carbons (Fsp3) is 0.471. The molecule has 0 radical (unpaired) electrons. The molecular formula is C17H21BrO2. The van der Waals surface area contributed by atoms with Crippen LogP contribution in [0.1, 0.15) is 44.1 Å². The number of hydrogen-bond acceptors (Lipinski definition) is 2. The Morgan fingerprint density at radius 1 is 1.40 bits per heavy atom. The first-order valence-corrected chi connectivity index (χ1v) is 7.97. The quantitative estimate of drug-likeness (QED) is 0.580. The van der Waals surface area contributed by atoms with Gasteiger partial charge in [-0.1, -0.05) is 46.6 Å². The number of rotatable bonds is 4. The minimum absolute atomic E-state index is 0.133. The molecule has 0 saturated heterocycles. The Labute approximate surface area is 129 Å². The summed E-state index contributed by atoms with van der Waals surface area (Å²) in [7, 11) is 1.47. The van der Waals surface area contributed by atoms with Gasteiger partial charge in [0.25, 0.3) is 0 Å². The molecule has 1 aliphatic carbocycles. The van der Waals surface area contributed by atoms with Crippen LogP contribution >= 0.6 is 15.9 Å². The van der Waals surface area contributed by atoms with E-state index < -0.39 is 0 Å². The molecule has 0 amide bonds. The lowest BCUT2D eigenvalue weighted by Gasteiger charge is -2.27. The molecule has 0 unspecified atom stereocenters. The van der Waals surface area contributed by atoms with Crippen LogP contribution in [0, 0.1) is 5.92 Å². The number of benzene rings is 1. The lowest BCUT2D eigenvalue weighted by Crippen LogP contribution is -2.24. The van der Waals surface area contributed by atoms with Crippen LogP contribution in [0.5, 0.6) is 0 Å². The number of carbonyl (C=O) groups excluding carboxylic acids is 1. The van der Waals surface area contributed by atoms with E-state index >= 15 is 0 Å². The highest BCUT2D eigenvalue weighted by atomic mass is 79.9. The van der Waals surface area contributed by atoms with Crippen molar-refractivity contribution in [2.24, 2.45) is 5.92 Å². The summed E-state index contributed by atoms with van der Waals surface area (Å²) >= 11 is 3.44. The molecule has 1 aromatic carbocycles. The molecular weight excluding hydrogens is 316 g/mol. The van der Waals surface area contributed by atoms with Crippen molar-refractivity contribution < 1.29 is 9.53 Å². The van der Waals surface area contributed by atoms with Crippen molar-refractivity contribution in [1.29, 1.82) is 0 Å². The zero-order valence-corrected chi connectivity index (χ0v) is 13.7. The van der Waals surface area contributed by atoms with Crippen LogP contribution in [0.4, 0.5) is 0 Å². The predicted molar refractivity (Wildman–Crippen MR) is 84.6 cm³/mol. The summed E-state index contributed by atoms with van der Waals surface area (Å²) in [5.41, 5.74) is 2.51. The largest absolute Gasteiger partial charge is 0.469 e. The molecule has 2 atom stereocenters. The van der Waals surface area contributed by atoms with Crippen molar-refractivity contribution in [1.82, 2.24) is 0 Å². The first kappa shape index (κ1) is 15.3. The first-order valence-electron chi connectivity index (χ1n) is 7.18. The zero-order chi connectivity index (χ0) is 14.5. The monoisotopic (exact) mass is 336 g/mol. The molecule has 0 fully saturated rings. The third-order valence-corrected chi connectivity index (χ3v) is 4.58.